The highest BCUT2D eigenvalue weighted by Crippen LogP contribution is 2.39. The van der Waals surface area contributed by atoms with E-state index in [4.69, 9.17) is 22.1 Å². The molecule has 0 aliphatic heterocycles. The molecule has 1 aliphatic carbocycles. The number of hydrogen-bond donors (Lipinski definition) is 2. The van der Waals surface area contributed by atoms with E-state index in [9.17, 15) is 0 Å². The predicted molar refractivity (Wildman–Crippen MR) is 84.8 cm³/mol. The van der Waals surface area contributed by atoms with E-state index < -0.39 is 0 Å². The number of aromatic nitrogens is 2. The Kier molecular flexibility index (Phi) is 4.17. The minimum absolute atomic E-state index is 0.334. The lowest BCUT2D eigenvalue weighted by Crippen LogP contribution is -2.25. The van der Waals surface area contributed by atoms with Crippen molar-refractivity contribution in [3.63, 3.8) is 0 Å². The molecule has 2 aromatic rings. The van der Waals surface area contributed by atoms with E-state index >= 15 is 0 Å². The van der Waals surface area contributed by atoms with Crippen molar-refractivity contribution < 1.29 is 4.74 Å². The number of benzene rings is 1. The molecule has 0 bridgehead atoms. The fraction of sp³-hybridized carbons (Fsp3) is 0.438. The zero-order valence-electron chi connectivity index (χ0n) is 12.1. The van der Waals surface area contributed by atoms with E-state index in [0.29, 0.717) is 12.0 Å². The fourth-order valence-corrected chi connectivity index (χ4v) is 3.33. The monoisotopic (exact) mass is 305 g/mol. The molecule has 1 aromatic carbocycles. The minimum Gasteiger partial charge on any atom is -0.497 e. The zero-order valence-corrected chi connectivity index (χ0v) is 12.9. The molecular formula is C16H20ClN3O. The summed E-state index contributed by atoms with van der Waals surface area (Å²) in [6.45, 7) is 0. The number of rotatable bonds is 3. The molecule has 3 N–H and O–H groups in total. The number of nitrogens with one attached hydrogen (secondary N) is 1. The van der Waals surface area contributed by atoms with Crippen LogP contribution in [0.1, 0.15) is 37.3 Å². The third-order valence-corrected chi connectivity index (χ3v) is 4.64. The number of hydrogen-bond acceptors (Lipinski definition) is 3. The first-order chi connectivity index (χ1) is 10.2. The minimum atomic E-state index is 0.334. The zero-order chi connectivity index (χ0) is 14.8. The third kappa shape index (κ3) is 2.92. The summed E-state index contributed by atoms with van der Waals surface area (Å²) in [6.07, 6.45) is 4.24. The molecule has 1 aromatic heterocycles. The number of halogens is 1. The first-order valence-corrected chi connectivity index (χ1v) is 7.70. The summed E-state index contributed by atoms with van der Waals surface area (Å²) in [6, 6.07) is 8.13. The van der Waals surface area contributed by atoms with Crippen molar-refractivity contribution in [1.82, 2.24) is 10.2 Å². The van der Waals surface area contributed by atoms with Gasteiger partial charge in [-0.2, -0.15) is 5.10 Å². The summed E-state index contributed by atoms with van der Waals surface area (Å²) in [7, 11) is 1.65. The summed E-state index contributed by atoms with van der Waals surface area (Å²) >= 11 is 6.56. The normalized spacial score (nSPS) is 22.2. The Morgan fingerprint density at radius 2 is 2.05 bits per heavy atom. The Hall–Kier alpha value is -1.52. The first kappa shape index (κ1) is 14.4. The van der Waals surface area contributed by atoms with E-state index in [1.165, 1.54) is 0 Å². The van der Waals surface area contributed by atoms with Crippen LogP contribution in [0, 0.1) is 0 Å². The van der Waals surface area contributed by atoms with Gasteiger partial charge in [-0.25, -0.2) is 0 Å². The molecule has 1 saturated carbocycles. The standard InChI is InChI=1S/C16H20ClN3O/c1-21-13-4-2-3-11(9-13)16-14(17)15(19-20-16)10-5-7-12(18)8-6-10/h2-4,9-10,12H,5-8,18H2,1H3,(H,19,20). The molecule has 1 aliphatic rings. The maximum atomic E-state index is 6.56. The molecule has 5 heteroatoms. The molecular weight excluding hydrogens is 286 g/mol. The van der Waals surface area contributed by atoms with Crippen LogP contribution in [-0.2, 0) is 0 Å². The fourth-order valence-electron chi connectivity index (χ4n) is 2.98. The molecule has 112 valence electrons. The van der Waals surface area contributed by atoms with E-state index in [0.717, 1.165) is 53.4 Å². The van der Waals surface area contributed by atoms with Crippen LogP contribution in [0.25, 0.3) is 11.3 Å². The molecule has 0 spiro atoms. The molecule has 0 unspecified atom stereocenters. The molecule has 0 saturated heterocycles. The van der Waals surface area contributed by atoms with Crippen molar-refractivity contribution in [3.05, 3.63) is 35.0 Å². The topological polar surface area (TPSA) is 63.9 Å². The predicted octanol–water partition coefficient (Wildman–Crippen LogP) is 3.72. The summed E-state index contributed by atoms with van der Waals surface area (Å²) in [5.74, 6) is 1.24. The summed E-state index contributed by atoms with van der Waals surface area (Å²) in [4.78, 5) is 0. The Labute approximate surface area is 129 Å². The maximum Gasteiger partial charge on any atom is 0.119 e. The summed E-state index contributed by atoms with van der Waals surface area (Å²) in [5.41, 5.74) is 8.77. The van der Waals surface area contributed by atoms with Crippen molar-refractivity contribution >= 4 is 11.6 Å². The lowest BCUT2D eigenvalue weighted by molar-refractivity contribution is 0.390. The van der Waals surface area contributed by atoms with E-state index in [2.05, 4.69) is 10.2 Å². The van der Waals surface area contributed by atoms with Gasteiger partial charge in [0, 0.05) is 17.5 Å². The van der Waals surface area contributed by atoms with Gasteiger partial charge in [0.2, 0.25) is 0 Å². The van der Waals surface area contributed by atoms with Gasteiger partial charge in [0.1, 0.15) is 11.4 Å². The van der Waals surface area contributed by atoms with Crippen molar-refractivity contribution in [3.8, 4) is 17.0 Å². The number of methoxy groups -OCH3 is 1. The molecule has 1 heterocycles. The number of ether oxygens (including phenoxy) is 1. The molecule has 0 radical (unpaired) electrons. The molecule has 21 heavy (non-hydrogen) atoms. The molecule has 0 atom stereocenters. The van der Waals surface area contributed by atoms with Crippen molar-refractivity contribution in [2.24, 2.45) is 5.73 Å². The average molecular weight is 306 g/mol. The second-order valence-corrected chi connectivity index (χ2v) is 6.02. The van der Waals surface area contributed by atoms with E-state index in [1.807, 2.05) is 24.3 Å². The Bertz CT molecular complexity index is 618. The number of H-pyrrole nitrogens is 1. The van der Waals surface area contributed by atoms with Crippen LogP contribution in [-0.4, -0.2) is 23.3 Å². The van der Waals surface area contributed by atoms with Gasteiger partial charge in [-0.15, -0.1) is 0 Å². The van der Waals surface area contributed by atoms with Gasteiger partial charge in [-0.3, -0.25) is 5.10 Å². The van der Waals surface area contributed by atoms with Crippen LogP contribution in [0.2, 0.25) is 5.02 Å². The second-order valence-electron chi connectivity index (χ2n) is 5.64. The molecule has 1 fully saturated rings. The largest absolute Gasteiger partial charge is 0.497 e. The van der Waals surface area contributed by atoms with Gasteiger partial charge >= 0.3 is 0 Å². The highest BCUT2D eigenvalue weighted by Gasteiger charge is 2.25. The van der Waals surface area contributed by atoms with Crippen LogP contribution in [0.4, 0.5) is 0 Å². The SMILES string of the molecule is COc1cccc(-c2n[nH]c(C3CCC(N)CC3)c2Cl)c1. The first-order valence-electron chi connectivity index (χ1n) is 7.32. The number of aromatic amines is 1. The van der Waals surface area contributed by atoms with Crippen LogP contribution in [0.3, 0.4) is 0 Å². The lowest BCUT2D eigenvalue weighted by Gasteiger charge is -2.25. The smallest absolute Gasteiger partial charge is 0.119 e. The van der Waals surface area contributed by atoms with Gasteiger partial charge in [0.15, 0.2) is 0 Å². The molecule has 4 nitrogen and oxygen atoms in total. The Morgan fingerprint density at radius 3 is 2.76 bits per heavy atom. The Balaban J connectivity index is 1.88. The molecule has 0 amide bonds. The maximum absolute atomic E-state index is 6.56. The van der Waals surface area contributed by atoms with Crippen LogP contribution in [0.5, 0.6) is 5.75 Å². The van der Waals surface area contributed by atoms with E-state index in [-0.39, 0.29) is 0 Å². The van der Waals surface area contributed by atoms with E-state index in [1.54, 1.807) is 7.11 Å². The van der Waals surface area contributed by atoms with Gasteiger partial charge in [0.25, 0.3) is 0 Å². The van der Waals surface area contributed by atoms with Gasteiger partial charge in [-0.1, -0.05) is 23.7 Å². The van der Waals surface area contributed by atoms with Gasteiger partial charge in [0.05, 0.1) is 17.8 Å². The summed E-state index contributed by atoms with van der Waals surface area (Å²) in [5, 5.41) is 8.27. The second kappa shape index (κ2) is 6.08. The summed E-state index contributed by atoms with van der Waals surface area (Å²) < 4.78 is 5.26. The van der Waals surface area contributed by atoms with Gasteiger partial charge < -0.3 is 10.5 Å². The van der Waals surface area contributed by atoms with Crippen molar-refractivity contribution in [1.29, 1.82) is 0 Å². The Morgan fingerprint density at radius 1 is 1.29 bits per heavy atom. The van der Waals surface area contributed by atoms with Crippen molar-refractivity contribution in [2.75, 3.05) is 7.11 Å². The highest BCUT2D eigenvalue weighted by atomic mass is 35.5. The quantitative estimate of drug-likeness (QED) is 0.908. The molecule has 3 rings (SSSR count). The van der Waals surface area contributed by atoms with Crippen LogP contribution < -0.4 is 10.5 Å². The lowest BCUT2D eigenvalue weighted by atomic mass is 9.84. The average Bonchev–Trinajstić information content (AvgIpc) is 2.90. The highest BCUT2D eigenvalue weighted by molar-refractivity contribution is 6.33. The van der Waals surface area contributed by atoms with Gasteiger partial charge in [-0.05, 0) is 37.8 Å². The van der Waals surface area contributed by atoms with Crippen molar-refractivity contribution in [2.45, 2.75) is 37.6 Å². The number of nitrogens with zero attached hydrogens (tertiary/aromatic N) is 1. The van der Waals surface area contributed by atoms with Crippen LogP contribution >= 0.6 is 11.6 Å². The number of nitrogens with two attached hydrogens (primary N) is 1. The third-order valence-electron chi connectivity index (χ3n) is 4.26. The van der Waals surface area contributed by atoms with Crippen LogP contribution in [0.15, 0.2) is 24.3 Å².